The van der Waals surface area contributed by atoms with Gasteiger partial charge in [0.1, 0.15) is 11.7 Å². The molecule has 4 aliphatic rings. The number of H-pyrrole nitrogens is 1. The quantitative estimate of drug-likeness (QED) is 0.534. The highest BCUT2D eigenvalue weighted by molar-refractivity contribution is 5.96. The first-order chi connectivity index (χ1) is 15.4. The normalized spacial score (nSPS) is 42.4. The number of ketones is 1. The van der Waals surface area contributed by atoms with Gasteiger partial charge in [0, 0.05) is 27.4 Å². The zero-order valence-electron chi connectivity index (χ0n) is 19.7. The van der Waals surface area contributed by atoms with E-state index in [-0.39, 0.29) is 11.7 Å². The number of aliphatic hydroxyl groups is 3. The molecule has 4 N–H and O–H groups in total. The van der Waals surface area contributed by atoms with Gasteiger partial charge in [-0.2, -0.15) is 0 Å². The van der Waals surface area contributed by atoms with Gasteiger partial charge in [0.25, 0.3) is 0 Å². The maximum Gasteiger partial charge on any atom is 0.187 e. The molecule has 2 aromatic rings. The van der Waals surface area contributed by atoms with E-state index in [4.69, 9.17) is 4.74 Å². The number of aromatic amines is 1. The number of carbonyl (C=O) groups is 1. The minimum atomic E-state index is -1.60. The summed E-state index contributed by atoms with van der Waals surface area (Å²) in [7, 11) is 0. The van der Waals surface area contributed by atoms with Gasteiger partial charge in [0.2, 0.25) is 0 Å². The Balaban J connectivity index is 1.53. The van der Waals surface area contributed by atoms with Gasteiger partial charge >= 0.3 is 0 Å². The van der Waals surface area contributed by atoms with E-state index in [0.717, 1.165) is 17.6 Å². The topological polar surface area (TPSA) is 103 Å². The summed E-state index contributed by atoms with van der Waals surface area (Å²) in [5, 5.41) is 35.5. The number of rotatable bonds is 1. The SMILES string of the molecule is CC(C)(O)[C@H]1O[C@H]2CC[C@]3(C)[C@@]4(C)c5[nH]c6ccccc6c5C[C@@H]4C[C@H](O)[C@@]3(O)C2=CC1=O. The van der Waals surface area contributed by atoms with Crippen molar-refractivity contribution in [1.29, 1.82) is 0 Å². The molecule has 1 aliphatic heterocycles. The first kappa shape index (κ1) is 21.5. The maximum atomic E-state index is 13.0. The molecule has 2 heterocycles. The Hall–Kier alpha value is -1.99. The standard InChI is InChI=1S/C27H33NO5/c1-24(2,31)23-19(29)13-17-20(33-23)9-10-25(3)26(4)14(12-21(30)27(17,25)32)11-16-15-7-5-6-8-18(15)28-22(16)26/h5-8,13-14,20-21,23,28,30-32H,9-12H2,1-4H3/t14-,20+,21+,23+,25-,26-,27+/m1/s1. The van der Waals surface area contributed by atoms with Crippen LogP contribution in [0.2, 0.25) is 0 Å². The van der Waals surface area contributed by atoms with Crippen LogP contribution in [0.25, 0.3) is 10.9 Å². The lowest BCUT2D eigenvalue weighted by molar-refractivity contribution is -0.233. The van der Waals surface area contributed by atoms with Crippen molar-refractivity contribution in [3.05, 3.63) is 47.2 Å². The monoisotopic (exact) mass is 451 g/mol. The number of hydrogen-bond donors (Lipinski definition) is 4. The summed E-state index contributed by atoms with van der Waals surface area (Å²) in [5.74, 6) is -0.172. The summed E-state index contributed by atoms with van der Waals surface area (Å²) in [6.45, 7) is 7.43. The first-order valence-electron chi connectivity index (χ1n) is 12.1. The van der Waals surface area contributed by atoms with Crippen LogP contribution < -0.4 is 0 Å². The fourth-order valence-electron chi connectivity index (χ4n) is 7.86. The van der Waals surface area contributed by atoms with Gasteiger partial charge in [-0.25, -0.2) is 0 Å². The molecule has 0 unspecified atom stereocenters. The van der Waals surface area contributed by atoms with Gasteiger partial charge in [-0.3, -0.25) is 4.79 Å². The van der Waals surface area contributed by atoms with Gasteiger partial charge in [-0.1, -0.05) is 32.0 Å². The number of aliphatic hydroxyl groups excluding tert-OH is 1. The van der Waals surface area contributed by atoms with Crippen LogP contribution in [0.15, 0.2) is 35.9 Å². The molecule has 1 aromatic carbocycles. The molecule has 6 nitrogen and oxygen atoms in total. The number of para-hydroxylation sites is 1. The van der Waals surface area contributed by atoms with Gasteiger partial charge in [0.15, 0.2) is 5.78 Å². The molecule has 176 valence electrons. The van der Waals surface area contributed by atoms with Crippen molar-refractivity contribution in [2.45, 2.75) is 88.3 Å². The number of benzene rings is 1. The molecule has 6 heteroatoms. The highest BCUT2D eigenvalue weighted by Gasteiger charge is 2.73. The number of fused-ring (bicyclic) bond motifs is 9. The van der Waals surface area contributed by atoms with Crippen molar-refractivity contribution in [3.63, 3.8) is 0 Å². The van der Waals surface area contributed by atoms with Crippen molar-refractivity contribution in [2.75, 3.05) is 0 Å². The molecule has 0 saturated heterocycles. The number of hydrogen-bond acceptors (Lipinski definition) is 5. The molecule has 0 radical (unpaired) electrons. The second-order valence-corrected chi connectivity index (χ2v) is 11.7. The van der Waals surface area contributed by atoms with E-state index in [1.165, 1.54) is 17.0 Å². The van der Waals surface area contributed by atoms with E-state index >= 15 is 0 Å². The molecule has 1 aromatic heterocycles. The fourth-order valence-corrected chi connectivity index (χ4v) is 7.86. The smallest absolute Gasteiger partial charge is 0.187 e. The number of carbonyl (C=O) groups excluding carboxylic acids is 1. The highest BCUT2D eigenvalue weighted by atomic mass is 16.5. The summed E-state index contributed by atoms with van der Waals surface area (Å²) < 4.78 is 6.09. The van der Waals surface area contributed by atoms with Gasteiger partial charge in [-0.05, 0) is 68.7 Å². The number of ether oxygens (including phenoxy) is 1. The molecule has 0 amide bonds. The third-order valence-corrected chi connectivity index (χ3v) is 9.77. The van der Waals surface area contributed by atoms with E-state index in [1.54, 1.807) is 13.8 Å². The van der Waals surface area contributed by atoms with Crippen LogP contribution in [-0.2, 0) is 21.4 Å². The van der Waals surface area contributed by atoms with Crippen molar-refractivity contribution in [1.82, 2.24) is 4.98 Å². The van der Waals surface area contributed by atoms with E-state index < -0.39 is 40.3 Å². The van der Waals surface area contributed by atoms with E-state index in [2.05, 4.69) is 31.0 Å². The Morgan fingerprint density at radius 3 is 2.67 bits per heavy atom. The Morgan fingerprint density at radius 1 is 1.21 bits per heavy atom. The van der Waals surface area contributed by atoms with E-state index in [9.17, 15) is 20.1 Å². The van der Waals surface area contributed by atoms with Crippen molar-refractivity contribution in [2.24, 2.45) is 11.3 Å². The van der Waals surface area contributed by atoms with E-state index in [0.29, 0.717) is 24.8 Å². The molecule has 7 atom stereocenters. The second kappa shape index (κ2) is 6.36. The summed E-state index contributed by atoms with van der Waals surface area (Å²) >= 11 is 0. The third-order valence-electron chi connectivity index (χ3n) is 9.77. The first-order valence-corrected chi connectivity index (χ1v) is 12.1. The van der Waals surface area contributed by atoms with Gasteiger partial charge in [-0.15, -0.1) is 0 Å². The molecule has 33 heavy (non-hydrogen) atoms. The largest absolute Gasteiger partial charge is 0.390 e. The Kier molecular flexibility index (Phi) is 4.15. The zero-order valence-corrected chi connectivity index (χ0v) is 19.7. The van der Waals surface area contributed by atoms with Crippen molar-refractivity contribution >= 4 is 16.7 Å². The Morgan fingerprint density at radius 2 is 1.94 bits per heavy atom. The second-order valence-electron chi connectivity index (χ2n) is 11.7. The van der Waals surface area contributed by atoms with Crippen LogP contribution in [0.5, 0.6) is 0 Å². The average Bonchev–Trinajstić information content (AvgIpc) is 3.25. The molecule has 2 saturated carbocycles. The summed E-state index contributed by atoms with van der Waals surface area (Å²) in [4.78, 5) is 16.7. The maximum absolute atomic E-state index is 13.0. The van der Waals surface area contributed by atoms with Gasteiger partial charge in [0.05, 0.1) is 17.8 Å². The number of aromatic nitrogens is 1. The summed E-state index contributed by atoms with van der Waals surface area (Å²) in [6.07, 6.45) is 1.55. The van der Waals surface area contributed by atoms with Crippen LogP contribution >= 0.6 is 0 Å². The van der Waals surface area contributed by atoms with Crippen LogP contribution in [0, 0.1) is 11.3 Å². The summed E-state index contributed by atoms with van der Waals surface area (Å²) in [5.41, 5.74) is -0.0337. The van der Waals surface area contributed by atoms with Gasteiger partial charge < -0.3 is 25.0 Å². The number of nitrogens with one attached hydrogen (secondary N) is 1. The predicted molar refractivity (Wildman–Crippen MR) is 124 cm³/mol. The van der Waals surface area contributed by atoms with Crippen molar-refractivity contribution in [3.8, 4) is 0 Å². The molecular formula is C27H33NO5. The van der Waals surface area contributed by atoms with E-state index in [1.807, 2.05) is 12.1 Å². The molecule has 2 fully saturated rings. The lowest BCUT2D eigenvalue weighted by Gasteiger charge is -2.66. The molecule has 0 bridgehead atoms. The van der Waals surface area contributed by atoms with Crippen LogP contribution in [0.3, 0.4) is 0 Å². The molecule has 6 rings (SSSR count). The van der Waals surface area contributed by atoms with Crippen molar-refractivity contribution < 1.29 is 24.9 Å². The molecule has 0 spiro atoms. The Labute approximate surface area is 193 Å². The minimum Gasteiger partial charge on any atom is -0.390 e. The third kappa shape index (κ3) is 2.40. The van der Waals surface area contributed by atoms with Crippen LogP contribution in [0.4, 0.5) is 0 Å². The predicted octanol–water partition coefficient (Wildman–Crippen LogP) is 2.93. The highest BCUT2D eigenvalue weighted by Crippen LogP contribution is 2.69. The van der Waals surface area contributed by atoms with Crippen LogP contribution in [0.1, 0.15) is 58.2 Å². The molecular weight excluding hydrogens is 418 g/mol. The Bertz CT molecular complexity index is 1210. The minimum absolute atomic E-state index is 0.185. The lowest BCUT2D eigenvalue weighted by atomic mass is 9.42. The lowest BCUT2D eigenvalue weighted by Crippen LogP contribution is -2.73. The molecule has 3 aliphatic carbocycles. The summed E-state index contributed by atoms with van der Waals surface area (Å²) in [6, 6.07) is 8.30. The average molecular weight is 452 g/mol. The zero-order chi connectivity index (χ0) is 23.6. The fraction of sp³-hybridized carbons (Fsp3) is 0.593. The van der Waals surface area contributed by atoms with Crippen LogP contribution in [-0.4, -0.2) is 55.6 Å².